The van der Waals surface area contributed by atoms with Gasteiger partial charge in [0.25, 0.3) is 0 Å². The quantitative estimate of drug-likeness (QED) is 0.866. The van der Waals surface area contributed by atoms with Gasteiger partial charge in [0.05, 0.1) is 6.04 Å². The van der Waals surface area contributed by atoms with Crippen LogP contribution < -0.4 is 5.32 Å². The van der Waals surface area contributed by atoms with E-state index in [1.54, 1.807) is 6.07 Å². The number of carbonyl (C=O) groups excluding carboxylic acids is 1. The normalized spacial score (nSPS) is 17.0. The molecule has 0 aliphatic carbocycles. The van der Waals surface area contributed by atoms with Crippen LogP contribution in [0, 0.1) is 5.82 Å². The molecular weight excluding hydrogens is 362 g/mol. The second-order valence-electron chi connectivity index (χ2n) is 5.95. The summed E-state index contributed by atoms with van der Waals surface area (Å²) < 4.78 is 13.5. The molecule has 1 fully saturated rings. The van der Waals surface area contributed by atoms with Crippen molar-refractivity contribution in [3.8, 4) is 0 Å². The zero-order valence-electron chi connectivity index (χ0n) is 13.8. The van der Waals surface area contributed by atoms with E-state index in [0.717, 1.165) is 17.7 Å². The summed E-state index contributed by atoms with van der Waals surface area (Å²) in [6.45, 7) is 2.02. The van der Waals surface area contributed by atoms with Crippen LogP contribution in [0.15, 0.2) is 48.5 Å². The number of hydrogen-bond donors (Lipinski definition) is 1. The molecule has 1 heterocycles. The van der Waals surface area contributed by atoms with Crippen molar-refractivity contribution in [2.45, 2.75) is 18.9 Å². The highest BCUT2D eigenvalue weighted by Crippen LogP contribution is 2.24. The van der Waals surface area contributed by atoms with E-state index in [2.05, 4.69) is 5.32 Å². The Labute approximate surface area is 158 Å². The molecule has 0 aromatic heterocycles. The lowest BCUT2D eigenvalue weighted by molar-refractivity contribution is -0.134. The molecule has 0 radical (unpaired) electrons. The van der Waals surface area contributed by atoms with Crippen molar-refractivity contribution in [1.29, 1.82) is 0 Å². The Morgan fingerprint density at radius 1 is 1.24 bits per heavy atom. The molecule has 1 atom stereocenters. The highest BCUT2D eigenvalue weighted by molar-refractivity contribution is 6.31. The van der Waals surface area contributed by atoms with E-state index in [0.29, 0.717) is 31.0 Å². The fraction of sp³-hybridized carbons (Fsp3) is 0.316. The van der Waals surface area contributed by atoms with Crippen molar-refractivity contribution >= 4 is 29.9 Å². The highest BCUT2D eigenvalue weighted by Gasteiger charge is 2.27. The third-order valence-electron chi connectivity index (χ3n) is 4.36. The first-order chi connectivity index (χ1) is 11.6. The van der Waals surface area contributed by atoms with Crippen LogP contribution in [-0.2, 0) is 11.2 Å². The van der Waals surface area contributed by atoms with Crippen molar-refractivity contribution in [2.75, 3.05) is 19.6 Å². The van der Waals surface area contributed by atoms with Gasteiger partial charge in [-0.25, -0.2) is 4.39 Å². The predicted molar refractivity (Wildman–Crippen MR) is 101 cm³/mol. The van der Waals surface area contributed by atoms with Crippen LogP contribution in [0.25, 0.3) is 0 Å². The summed E-state index contributed by atoms with van der Waals surface area (Å²) in [6, 6.07) is 13.9. The summed E-state index contributed by atoms with van der Waals surface area (Å²) in [4.78, 5) is 14.6. The molecule has 2 aromatic rings. The average Bonchev–Trinajstić information content (AvgIpc) is 2.61. The van der Waals surface area contributed by atoms with E-state index in [1.807, 2.05) is 35.2 Å². The molecule has 3 nitrogen and oxygen atoms in total. The smallest absolute Gasteiger partial charge is 0.223 e. The van der Waals surface area contributed by atoms with Gasteiger partial charge in [-0.05, 0) is 35.7 Å². The molecule has 1 amide bonds. The van der Waals surface area contributed by atoms with Crippen LogP contribution in [0.4, 0.5) is 4.39 Å². The molecule has 1 N–H and O–H groups in total. The van der Waals surface area contributed by atoms with Crippen molar-refractivity contribution in [3.63, 3.8) is 0 Å². The van der Waals surface area contributed by atoms with Crippen LogP contribution in [0.1, 0.15) is 23.6 Å². The number of aryl methyl sites for hydroxylation is 1. The molecule has 0 spiro atoms. The molecule has 134 valence electrons. The number of carbonyl (C=O) groups is 1. The van der Waals surface area contributed by atoms with Crippen LogP contribution in [0.2, 0.25) is 5.02 Å². The number of hydrogen-bond acceptors (Lipinski definition) is 2. The fourth-order valence-corrected chi connectivity index (χ4v) is 3.33. The number of piperazine rings is 1. The fourth-order valence-electron chi connectivity index (χ4n) is 3.10. The lowest BCUT2D eigenvalue weighted by atomic mass is 10.0. The van der Waals surface area contributed by atoms with Crippen molar-refractivity contribution in [2.24, 2.45) is 0 Å². The van der Waals surface area contributed by atoms with Crippen molar-refractivity contribution in [1.82, 2.24) is 10.2 Å². The van der Waals surface area contributed by atoms with E-state index in [9.17, 15) is 9.18 Å². The SMILES string of the molecule is Cl.O=C(CCc1ccccc1Cl)N1CCNCC1c1cccc(F)c1. The Kier molecular flexibility index (Phi) is 7.24. The van der Waals surface area contributed by atoms with Crippen LogP contribution in [0.3, 0.4) is 0 Å². The van der Waals surface area contributed by atoms with E-state index >= 15 is 0 Å². The number of halogens is 3. The lowest BCUT2D eigenvalue weighted by Crippen LogP contribution is -2.48. The Hall–Kier alpha value is -1.62. The molecule has 1 saturated heterocycles. The first kappa shape index (κ1) is 19.7. The summed E-state index contributed by atoms with van der Waals surface area (Å²) in [7, 11) is 0. The van der Waals surface area contributed by atoms with Gasteiger partial charge >= 0.3 is 0 Å². The summed E-state index contributed by atoms with van der Waals surface area (Å²) in [5.41, 5.74) is 1.80. The van der Waals surface area contributed by atoms with Gasteiger partial charge < -0.3 is 10.2 Å². The minimum atomic E-state index is -0.276. The Balaban J connectivity index is 0.00000225. The zero-order chi connectivity index (χ0) is 16.9. The number of benzene rings is 2. The first-order valence-corrected chi connectivity index (χ1v) is 8.52. The van der Waals surface area contributed by atoms with Gasteiger partial charge in [-0.15, -0.1) is 12.4 Å². The summed E-state index contributed by atoms with van der Waals surface area (Å²) >= 11 is 6.16. The maximum atomic E-state index is 13.5. The van der Waals surface area contributed by atoms with Gasteiger partial charge in [-0.3, -0.25) is 4.79 Å². The Morgan fingerprint density at radius 2 is 2.04 bits per heavy atom. The molecular formula is C19H21Cl2FN2O. The molecule has 1 aliphatic heterocycles. The molecule has 2 aromatic carbocycles. The second-order valence-corrected chi connectivity index (χ2v) is 6.36. The topological polar surface area (TPSA) is 32.3 Å². The van der Waals surface area contributed by atoms with Gasteiger partial charge in [0, 0.05) is 31.1 Å². The summed E-state index contributed by atoms with van der Waals surface area (Å²) in [6.07, 6.45) is 1.01. The van der Waals surface area contributed by atoms with E-state index in [1.165, 1.54) is 12.1 Å². The van der Waals surface area contributed by atoms with Crippen LogP contribution in [-0.4, -0.2) is 30.4 Å². The zero-order valence-corrected chi connectivity index (χ0v) is 15.3. The summed E-state index contributed by atoms with van der Waals surface area (Å²) in [5, 5.41) is 3.97. The maximum Gasteiger partial charge on any atom is 0.223 e. The number of nitrogens with one attached hydrogen (secondary N) is 1. The molecule has 3 rings (SSSR count). The monoisotopic (exact) mass is 382 g/mol. The third kappa shape index (κ3) is 4.94. The number of rotatable bonds is 4. The van der Waals surface area contributed by atoms with E-state index in [-0.39, 0.29) is 30.2 Å². The van der Waals surface area contributed by atoms with Gasteiger partial charge in [0.2, 0.25) is 5.91 Å². The molecule has 0 saturated carbocycles. The minimum absolute atomic E-state index is 0. The highest BCUT2D eigenvalue weighted by atomic mass is 35.5. The second kappa shape index (κ2) is 9.18. The third-order valence-corrected chi connectivity index (χ3v) is 4.73. The molecule has 25 heavy (non-hydrogen) atoms. The Bertz CT molecular complexity index is 726. The molecule has 6 heteroatoms. The minimum Gasteiger partial charge on any atom is -0.333 e. The van der Waals surface area contributed by atoms with Gasteiger partial charge in [-0.1, -0.05) is 41.9 Å². The standard InChI is InChI=1S/C19H20ClFN2O.ClH/c20-17-7-2-1-4-14(17)8-9-19(24)23-11-10-22-13-18(23)15-5-3-6-16(21)12-15;/h1-7,12,18,22H,8-11,13H2;1H. The predicted octanol–water partition coefficient (Wildman–Crippen LogP) is 4.01. The molecule has 1 unspecified atom stereocenters. The largest absolute Gasteiger partial charge is 0.333 e. The average molecular weight is 383 g/mol. The van der Waals surface area contributed by atoms with Crippen LogP contribution in [0.5, 0.6) is 0 Å². The molecule has 0 bridgehead atoms. The summed E-state index contributed by atoms with van der Waals surface area (Å²) in [5.74, 6) is -0.202. The van der Waals surface area contributed by atoms with Gasteiger partial charge in [-0.2, -0.15) is 0 Å². The van der Waals surface area contributed by atoms with Gasteiger partial charge in [0.15, 0.2) is 0 Å². The van der Waals surface area contributed by atoms with Gasteiger partial charge in [0.1, 0.15) is 5.82 Å². The number of nitrogens with zero attached hydrogens (tertiary/aromatic N) is 1. The lowest BCUT2D eigenvalue weighted by Gasteiger charge is -2.36. The van der Waals surface area contributed by atoms with E-state index < -0.39 is 0 Å². The Morgan fingerprint density at radius 3 is 2.80 bits per heavy atom. The maximum absolute atomic E-state index is 13.5. The first-order valence-electron chi connectivity index (χ1n) is 8.14. The van der Waals surface area contributed by atoms with Crippen LogP contribution >= 0.6 is 24.0 Å². The van der Waals surface area contributed by atoms with Crippen molar-refractivity contribution < 1.29 is 9.18 Å². The van der Waals surface area contributed by atoms with Crippen molar-refractivity contribution in [3.05, 3.63) is 70.5 Å². The van der Waals surface area contributed by atoms with E-state index in [4.69, 9.17) is 11.6 Å². The number of amides is 1. The molecule has 1 aliphatic rings.